The zero-order valence-electron chi connectivity index (χ0n) is 19.2. The minimum Gasteiger partial charge on any atom is -0.481 e. The molecule has 2 fully saturated rings. The van der Waals surface area contributed by atoms with Crippen molar-refractivity contribution in [2.75, 3.05) is 42.5 Å². The smallest absolute Gasteiger partial charge is 0.305 e. The largest absolute Gasteiger partial charge is 0.481 e. The minimum absolute atomic E-state index is 0.0133. The van der Waals surface area contributed by atoms with Crippen LogP contribution in [0.5, 0.6) is 0 Å². The molecule has 5 rings (SSSR count). The maximum Gasteiger partial charge on any atom is 0.305 e. The fourth-order valence-electron chi connectivity index (χ4n) is 4.30. The van der Waals surface area contributed by atoms with Crippen molar-refractivity contribution >= 4 is 63.4 Å². The monoisotopic (exact) mass is 521 g/mol. The van der Waals surface area contributed by atoms with Crippen LogP contribution in [0.25, 0.3) is 11.7 Å². The van der Waals surface area contributed by atoms with Crippen LogP contribution in [-0.2, 0) is 9.59 Å². The highest BCUT2D eigenvalue weighted by Crippen LogP contribution is 2.34. The van der Waals surface area contributed by atoms with Gasteiger partial charge in [0.15, 0.2) is 0 Å². The summed E-state index contributed by atoms with van der Waals surface area (Å²) in [5.41, 5.74) is 1.70. The normalized spacial score (nSPS) is 17.4. The van der Waals surface area contributed by atoms with Gasteiger partial charge in [0.1, 0.15) is 15.8 Å². The molecule has 184 valence electrons. The number of benzene rings is 1. The van der Waals surface area contributed by atoms with Crippen LogP contribution in [0, 0.1) is 0 Å². The molecule has 1 aromatic carbocycles. The van der Waals surface area contributed by atoms with Crippen LogP contribution in [-0.4, -0.2) is 68.3 Å². The molecule has 0 saturated carbocycles. The summed E-state index contributed by atoms with van der Waals surface area (Å²) in [6.07, 6.45) is 2.99. The molecule has 9 nitrogen and oxygen atoms in total. The van der Waals surface area contributed by atoms with E-state index in [4.69, 9.17) is 22.3 Å². The molecule has 0 unspecified atom stereocenters. The molecule has 2 aromatic heterocycles. The Morgan fingerprint density at radius 3 is 2.44 bits per heavy atom. The van der Waals surface area contributed by atoms with Crippen LogP contribution in [0.3, 0.4) is 0 Å². The van der Waals surface area contributed by atoms with Crippen molar-refractivity contribution < 1.29 is 14.7 Å². The third-order valence-corrected chi connectivity index (χ3v) is 7.53. The van der Waals surface area contributed by atoms with E-state index in [1.807, 2.05) is 24.3 Å². The molecule has 3 aromatic rings. The molecule has 4 heterocycles. The standard InChI is InChI=1S/C25H23N5O4S2/c31-21(32)9-11-30-24(34)19(36-25(30)35)16-18-22(26-20-8-4-5-10-29(20)23(18)33)28-14-12-27(13-15-28)17-6-2-1-3-7-17/h1-8,10,16H,9,11-15H2,(H,31,32). The lowest BCUT2D eigenvalue weighted by Gasteiger charge is -2.37. The summed E-state index contributed by atoms with van der Waals surface area (Å²) in [6, 6.07) is 15.5. The van der Waals surface area contributed by atoms with Crippen LogP contribution < -0.4 is 15.4 Å². The molecule has 0 radical (unpaired) electrons. The summed E-state index contributed by atoms with van der Waals surface area (Å²) in [5, 5.41) is 8.99. The third-order valence-electron chi connectivity index (χ3n) is 6.15. The lowest BCUT2D eigenvalue weighted by molar-refractivity contribution is -0.137. The topological polar surface area (TPSA) is 98.5 Å². The molecular formula is C25H23N5O4S2. The molecule has 11 heteroatoms. The van der Waals surface area contributed by atoms with E-state index < -0.39 is 11.9 Å². The number of pyridine rings is 1. The highest BCUT2D eigenvalue weighted by Gasteiger charge is 2.33. The van der Waals surface area contributed by atoms with Crippen molar-refractivity contribution in [2.45, 2.75) is 6.42 Å². The number of carboxylic acids is 1. The number of hydrogen-bond acceptors (Lipinski definition) is 8. The first-order chi connectivity index (χ1) is 17.4. The molecule has 1 amide bonds. The molecule has 2 aliphatic heterocycles. The minimum atomic E-state index is -1.01. The van der Waals surface area contributed by atoms with Crippen LogP contribution >= 0.6 is 24.0 Å². The number of thioether (sulfide) groups is 1. The van der Waals surface area contributed by atoms with Gasteiger partial charge in [-0.2, -0.15) is 0 Å². The molecule has 0 aliphatic carbocycles. The maximum atomic E-state index is 13.5. The van der Waals surface area contributed by atoms with E-state index in [9.17, 15) is 14.4 Å². The highest BCUT2D eigenvalue weighted by molar-refractivity contribution is 8.26. The van der Waals surface area contributed by atoms with E-state index in [0.29, 0.717) is 30.1 Å². The SMILES string of the molecule is O=C(O)CCN1C(=O)C(=Cc2c(N3CCN(c4ccccc4)CC3)nc3ccccn3c2=O)SC1=S. The van der Waals surface area contributed by atoms with Gasteiger partial charge in [0.2, 0.25) is 0 Å². The Bertz CT molecular complexity index is 1430. The highest BCUT2D eigenvalue weighted by atomic mass is 32.2. The quantitative estimate of drug-likeness (QED) is 0.388. The Morgan fingerprint density at radius 1 is 1.03 bits per heavy atom. The Labute approximate surface area is 216 Å². The Morgan fingerprint density at radius 2 is 1.72 bits per heavy atom. The zero-order chi connectivity index (χ0) is 25.2. The molecule has 36 heavy (non-hydrogen) atoms. The average molecular weight is 522 g/mol. The number of rotatable bonds is 6. The summed E-state index contributed by atoms with van der Waals surface area (Å²) in [6.45, 7) is 2.82. The van der Waals surface area contributed by atoms with Crippen molar-refractivity contribution in [3.8, 4) is 0 Å². The molecule has 1 N–H and O–H groups in total. The van der Waals surface area contributed by atoms with Crippen LogP contribution in [0.2, 0.25) is 0 Å². The molecule has 2 saturated heterocycles. The van der Waals surface area contributed by atoms with Gasteiger partial charge in [-0.25, -0.2) is 4.98 Å². The number of fused-ring (bicyclic) bond motifs is 1. The lowest BCUT2D eigenvalue weighted by Crippen LogP contribution is -2.47. The van der Waals surface area contributed by atoms with E-state index in [1.54, 1.807) is 24.4 Å². The first-order valence-corrected chi connectivity index (χ1v) is 12.7. The van der Waals surface area contributed by atoms with Gasteiger partial charge in [-0.1, -0.05) is 48.2 Å². The van der Waals surface area contributed by atoms with Gasteiger partial charge in [0.05, 0.1) is 16.9 Å². The summed E-state index contributed by atoms with van der Waals surface area (Å²) in [5.74, 6) is -0.889. The number of carboxylic acid groups (broad SMARTS) is 1. The number of amides is 1. The Hall–Kier alpha value is -3.70. The van der Waals surface area contributed by atoms with Gasteiger partial charge in [-0.15, -0.1) is 0 Å². The fourth-order valence-corrected chi connectivity index (χ4v) is 5.60. The number of carbonyl (C=O) groups excluding carboxylic acids is 1. The van der Waals surface area contributed by atoms with Crippen molar-refractivity contribution in [3.05, 3.63) is 75.6 Å². The zero-order valence-corrected chi connectivity index (χ0v) is 20.9. The maximum absolute atomic E-state index is 13.5. The molecule has 0 bridgehead atoms. The van der Waals surface area contributed by atoms with Crippen LogP contribution in [0.4, 0.5) is 11.5 Å². The Kier molecular flexibility index (Phi) is 6.75. The predicted molar refractivity (Wildman–Crippen MR) is 144 cm³/mol. The van der Waals surface area contributed by atoms with E-state index >= 15 is 0 Å². The first-order valence-electron chi connectivity index (χ1n) is 11.5. The molecular weight excluding hydrogens is 498 g/mol. The molecule has 0 spiro atoms. The van der Waals surface area contributed by atoms with Gasteiger partial charge in [-0.3, -0.25) is 23.7 Å². The molecule has 0 atom stereocenters. The van der Waals surface area contributed by atoms with E-state index in [0.717, 1.165) is 30.5 Å². The average Bonchev–Trinajstić information content (AvgIpc) is 3.16. The number of nitrogens with zero attached hydrogens (tertiary/aromatic N) is 5. The second-order valence-electron chi connectivity index (χ2n) is 8.37. The first kappa shape index (κ1) is 24.0. The van der Waals surface area contributed by atoms with E-state index in [-0.39, 0.29) is 27.8 Å². The Balaban J connectivity index is 1.49. The van der Waals surface area contributed by atoms with Gasteiger partial charge < -0.3 is 14.9 Å². The van der Waals surface area contributed by atoms with E-state index in [2.05, 4.69) is 21.9 Å². The summed E-state index contributed by atoms with van der Waals surface area (Å²) >= 11 is 6.38. The van der Waals surface area contributed by atoms with E-state index in [1.165, 1.54) is 9.30 Å². The lowest BCUT2D eigenvalue weighted by atomic mass is 10.2. The number of aliphatic carboxylic acids is 1. The number of carbonyl (C=O) groups is 2. The molecule has 2 aliphatic rings. The fraction of sp³-hybridized carbons (Fsp3) is 0.240. The van der Waals surface area contributed by atoms with Crippen LogP contribution in [0.15, 0.2) is 64.4 Å². The predicted octanol–water partition coefficient (Wildman–Crippen LogP) is 2.70. The summed E-state index contributed by atoms with van der Waals surface area (Å²) in [4.78, 5) is 48.2. The number of piperazine rings is 1. The summed E-state index contributed by atoms with van der Waals surface area (Å²) < 4.78 is 1.74. The van der Waals surface area contributed by atoms with Gasteiger partial charge >= 0.3 is 5.97 Å². The second kappa shape index (κ2) is 10.1. The van der Waals surface area contributed by atoms with Crippen molar-refractivity contribution in [1.29, 1.82) is 0 Å². The second-order valence-corrected chi connectivity index (χ2v) is 10.0. The third kappa shape index (κ3) is 4.71. The van der Waals surface area contributed by atoms with Crippen LogP contribution in [0.1, 0.15) is 12.0 Å². The number of para-hydroxylation sites is 1. The number of hydrogen-bond donors (Lipinski definition) is 1. The summed E-state index contributed by atoms with van der Waals surface area (Å²) in [7, 11) is 0. The van der Waals surface area contributed by atoms with Crippen molar-refractivity contribution in [3.63, 3.8) is 0 Å². The number of anilines is 2. The van der Waals surface area contributed by atoms with Crippen molar-refractivity contribution in [1.82, 2.24) is 14.3 Å². The number of thiocarbonyl (C=S) groups is 1. The van der Waals surface area contributed by atoms with Gasteiger partial charge in [0, 0.05) is 44.6 Å². The van der Waals surface area contributed by atoms with Gasteiger partial charge in [-0.05, 0) is 30.3 Å². The van der Waals surface area contributed by atoms with Gasteiger partial charge in [0.25, 0.3) is 11.5 Å². The van der Waals surface area contributed by atoms with Crippen molar-refractivity contribution in [2.24, 2.45) is 0 Å². The number of aromatic nitrogens is 2.